The second kappa shape index (κ2) is 9.20. The van der Waals surface area contributed by atoms with E-state index in [2.05, 4.69) is 15.5 Å². The third-order valence-corrected chi connectivity index (χ3v) is 8.20. The van der Waals surface area contributed by atoms with Crippen LogP contribution in [0.5, 0.6) is 0 Å². The molecule has 38 heavy (non-hydrogen) atoms. The second-order valence-corrected chi connectivity index (χ2v) is 10.8. The lowest BCUT2D eigenvalue weighted by Crippen LogP contribution is -2.48. The number of amides is 1. The number of fused-ring (bicyclic) bond motifs is 1. The number of methoxy groups -OCH3 is 1. The molecule has 2 saturated carbocycles. The molecule has 1 aromatic heterocycles. The van der Waals surface area contributed by atoms with Gasteiger partial charge >= 0.3 is 6.18 Å². The van der Waals surface area contributed by atoms with Crippen LogP contribution in [-0.2, 0) is 36.5 Å². The van der Waals surface area contributed by atoms with Gasteiger partial charge in [0, 0.05) is 32.0 Å². The van der Waals surface area contributed by atoms with Crippen LogP contribution >= 0.6 is 0 Å². The number of carbonyl (C=O) groups excluding carboxylic acids is 1. The minimum absolute atomic E-state index is 0.0324. The second-order valence-electron chi connectivity index (χ2n) is 10.8. The summed E-state index contributed by atoms with van der Waals surface area (Å²) in [5.74, 6) is 0.986. The molecule has 3 aromatic rings. The first-order valence-corrected chi connectivity index (χ1v) is 12.9. The summed E-state index contributed by atoms with van der Waals surface area (Å²) in [5, 5.41) is 11.7. The van der Waals surface area contributed by atoms with E-state index < -0.39 is 23.1 Å². The summed E-state index contributed by atoms with van der Waals surface area (Å²) < 4.78 is 49.7. The summed E-state index contributed by atoms with van der Waals surface area (Å²) in [6.45, 7) is 0.957. The highest BCUT2D eigenvalue weighted by Gasteiger charge is 2.50. The number of nitrogens with zero attached hydrogens (tertiary/aromatic N) is 4. The number of hydrogen-bond acceptors (Lipinski definition) is 5. The van der Waals surface area contributed by atoms with Crippen molar-refractivity contribution < 1.29 is 22.7 Å². The van der Waals surface area contributed by atoms with Crippen molar-refractivity contribution in [3.63, 3.8) is 0 Å². The fraction of sp³-hybridized carbons (Fsp3) is 0.464. The van der Waals surface area contributed by atoms with Gasteiger partial charge in [0.1, 0.15) is 12.2 Å². The molecular formula is C28H30F3N5O2. The van der Waals surface area contributed by atoms with Crippen molar-refractivity contribution in [2.24, 2.45) is 13.0 Å². The zero-order valence-corrected chi connectivity index (χ0v) is 21.4. The number of carbonyl (C=O) groups is 1. The number of hydrogen-bond donors (Lipinski definition) is 1. The molecular weight excluding hydrogens is 495 g/mol. The Hall–Kier alpha value is -3.24. The molecule has 3 aliphatic rings. The lowest BCUT2D eigenvalue weighted by molar-refractivity contribution is -0.138. The topological polar surface area (TPSA) is 72.3 Å². The Kier molecular flexibility index (Phi) is 6.07. The van der Waals surface area contributed by atoms with Crippen molar-refractivity contribution in [3.05, 3.63) is 76.4 Å². The normalized spacial score (nSPS) is 23.0. The van der Waals surface area contributed by atoms with Crippen LogP contribution in [0.2, 0.25) is 0 Å². The Morgan fingerprint density at radius 2 is 1.97 bits per heavy atom. The fourth-order valence-corrected chi connectivity index (χ4v) is 5.89. The standard InChI is InChI=1S/C28H30F3N5O2/c1-35-16-33-34-26(35)27(11-21(12-27)38-2)19-4-3-5-20(10-19)36-15-23-22(25(36)37)8-18(9-24(23)28(29,30)31)14-32-13-17-6-7-17/h3-5,8-10,16-17,21,32H,6-7,11-15H2,1-2H3. The van der Waals surface area contributed by atoms with Crippen LogP contribution in [0.25, 0.3) is 0 Å². The summed E-state index contributed by atoms with van der Waals surface area (Å²) in [6, 6.07) is 10.3. The van der Waals surface area contributed by atoms with Crippen molar-refractivity contribution in [2.45, 2.75) is 56.5 Å². The van der Waals surface area contributed by atoms with Gasteiger partial charge in [-0.1, -0.05) is 12.1 Å². The molecule has 10 heteroatoms. The van der Waals surface area contributed by atoms with E-state index >= 15 is 0 Å². The van der Waals surface area contributed by atoms with Gasteiger partial charge in [0.15, 0.2) is 0 Å². The monoisotopic (exact) mass is 525 g/mol. The van der Waals surface area contributed by atoms with E-state index in [0.717, 1.165) is 30.8 Å². The number of ether oxygens (including phenoxy) is 1. The van der Waals surface area contributed by atoms with Crippen LogP contribution in [0, 0.1) is 5.92 Å². The molecule has 1 N–H and O–H groups in total. The van der Waals surface area contributed by atoms with Gasteiger partial charge in [-0.05, 0) is 79.1 Å². The highest BCUT2D eigenvalue weighted by molar-refractivity contribution is 6.10. The Labute approximate surface area is 219 Å². The molecule has 2 heterocycles. The largest absolute Gasteiger partial charge is 0.416 e. The average Bonchev–Trinajstić information content (AvgIpc) is 3.50. The third kappa shape index (κ3) is 4.29. The predicted molar refractivity (Wildman–Crippen MR) is 135 cm³/mol. The molecule has 0 bridgehead atoms. The summed E-state index contributed by atoms with van der Waals surface area (Å²) in [5.41, 5.74) is 0.945. The highest BCUT2D eigenvalue weighted by Crippen LogP contribution is 2.50. The van der Waals surface area contributed by atoms with E-state index in [9.17, 15) is 18.0 Å². The summed E-state index contributed by atoms with van der Waals surface area (Å²) >= 11 is 0. The van der Waals surface area contributed by atoms with Crippen molar-refractivity contribution >= 4 is 11.6 Å². The van der Waals surface area contributed by atoms with E-state index in [1.54, 1.807) is 25.6 Å². The Bertz CT molecular complexity index is 1380. The van der Waals surface area contributed by atoms with Gasteiger partial charge in [-0.2, -0.15) is 13.2 Å². The minimum Gasteiger partial charge on any atom is -0.381 e. The van der Waals surface area contributed by atoms with Gasteiger partial charge in [-0.3, -0.25) is 4.79 Å². The van der Waals surface area contributed by atoms with Crippen molar-refractivity contribution in [2.75, 3.05) is 18.6 Å². The smallest absolute Gasteiger partial charge is 0.381 e. The molecule has 0 unspecified atom stereocenters. The molecule has 0 saturated heterocycles. The molecule has 7 nitrogen and oxygen atoms in total. The molecule has 2 fully saturated rings. The van der Waals surface area contributed by atoms with Crippen molar-refractivity contribution in [1.82, 2.24) is 20.1 Å². The number of aromatic nitrogens is 3. The Morgan fingerprint density at radius 1 is 1.18 bits per heavy atom. The SMILES string of the molecule is COC1CC(c2cccc(N3Cc4c(cc(CNCC5CC5)cc4C(F)(F)F)C3=O)c2)(c2nncn2C)C1. The maximum Gasteiger partial charge on any atom is 0.416 e. The van der Waals surface area contributed by atoms with Gasteiger partial charge in [0.2, 0.25) is 0 Å². The van der Waals surface area contributed by atoms with Crippen LogP contribution in [0.1, 0.15) is 64.1 Å². The average molecular weight is 526 g/mol. The van der Waals surface area contributed by atoms with E-state index in [4.69, 9.17) is 4.74 Å². The molecule has 6 rings (SSSR count). The summed E-state index contributed by atoms with van der Waals surface area (Å²) in [4.78, 5) is 15.0. The zero-order valence-electron chi connectivity index (χ0n) is 21.4. The number of alkyl halides is 3. The van der Waals surface area contributed by atoms with E-state index in [-0.39, 0.29) is 23.8 Å². The number of anilines is 1. The van der Waals surface area contributed by atoms with Crippen LogP contribution in [-0.4, -0.2) is 40.4 Å². The van der Waals surface area contributed by atoms with Crippen LogP contribution in [0.4, 0.5) is 18.9 Å². The molecule has 2 aromatic carbocycles. The van der Waals surface area contributed by atoms with Gasteiger partial charge in [0.25, 0.3) is 5.91 Å². The molecule has 0 radical (unpaired) electrons. The van der Waals surface area contributed by atoms with Crippen molar-refractivity contribution in [1.29, 1.82) is 0 Å². The lowest BCUT2D eigenvalue weighted by Gasteiger charge is -2.46. The Morgan fingerprint density at radius 3 is 2.63 bits per heavy atom. The third-order valence-electron chi connectivity index (χ3n) is 8.20. The lowest BCUT2D eigenvalue weighted by atomic mass is 9.62. The molecule has 0 atom stereocenters. The highest BCUT2D eigenvalue weighted by atomic mass is 19.4. The minimum atomic E-state index is -4.55. The van der Waals surface area contributed by atoms with E-state index in [0.29, 0.717) is 36.6 Å². The maximum atomic E-state index is 14.1. The molecule has 0 spiro atoms. The summed E-state index contributed by atoms with van der Waals surface area (Å²) in [6.07, 6.45) is 0.868. The van der Waals surface area contributed by atoms with Crippen molar-refractivity contribution in [3.8, 4) is 0 Å². The maximum absolute atomic E-state index is 14.1. The number of aryl methyl sites for hydroxylation is 1. The van der Waals surface area contributed by atoms with Crippen LogP contribution in [0.15, 0.2) is 42.7 Å². The van der Waals surface area contributed by atoms with Gasteiger partial charge in [-0.15, -0.1) is 10.2 Å². The molecule has 200 valence electrons. The quantitative estimate of drug-likeness (QED) is 0.466. The van der Waals surface area contributed by atoms with Gasteiger partial charge in [0.05, 0.1) is 23.6 Å². The van der Waals surface area contributed by atoms with Crippen LogP contribution in [0.3, 0.4) is 0 Å². The molecule has 1 aliphatic heterocycles. The molecule has 1 amide bonds. The number of benzene rings is 2. The first-order valence-electron chi connectivity index (χ1n) is 12.9. The first kappa shape index (κ1) is 25.1. The summed E-state index contributed by atoms with van der Waals surface area (Å²) in [7, 11) is 3.56. The zero-order chi connectivity index (χ0) is 26.7. The first-order chi connectivity index (χ1) is 18.2. The Balaban J connectivity index is 1.33. The number of rotatable bonds is 8. The predicted octanol–water partition coefficient (Wildman–Crippen LogP) is 4.59. The van der Waals surface area contributed by atoms with E-state index in [1.807, 2.05) is 29.8 Å². The number of nitrogens with one attached hydrogen (secondary N) is 1. The van der Waals surface area contributed by atoms with Gasteiger partial charge in [-0.25, -0.2) is 0 Å². The van der Waals surface area contributed by atoms with E-state index in [1.165, 1.54) is 11.0 Å². The fourth-order valence-electron chi connectivity index (χ4n) is 5.89. The van der Waals surface area contributed by atoms with Crippen LogP contribution < -0.4 is 10.2 Å². The number of halogens is 3. The molecule has 2 aliphatic carbocycles. The van der Waals surface area contributed by atoms with Gasteiger partial charge < -0.3 is 19.5 Å².